The molecule has 0 unspecified atom stereocenters. The van der Waals surface area contributed by atoms with Crippen LogP contribution in [0.1, 0.15) is 38.1 Å². The summed E-state index contributed by atoms with van der Waals surface area (Å²) in [5.41, 5.74) is 17.1. The number of nitrogens with two attached hydrogens (primary N) is 2. The lowest BCUT2D eigenvalue weighted by Crippen LogP contribution is -2.37. The third kappa shape index (κ3) is 7.42. The standard InChI is InChI=1S/C25H24FN7O2.C5H8N2.CH5N/c1-16-30-25-21(18-11-17-12-19(26)5-6-22(17)28-13-18)14-29-33(25)23(27)3-2-4-24(35)32(16)20-7-9-31(15-34)10-8-20;1-5-2-3-6-7-4-5;1-2/h2-6,11-15,20H,7-10,27H2,1H3;3-4,7H,2H2,1H3;2H2,1H3. The molecule has 13 heteroatoms. The number of hydrogen-bond acceptors (Lipinski definition) is 9. The summed E-state index contributed by atoms with van der Waals surface area (Å²) < 4.78 is 17.0. The van der Waals surface area contributed by atoms with Crippen LogP contribution in [0.3, 0.4) is 0 Å². The molecule has 5 heterocycles. The van der Waals surface area contributed by atoms with Gasteiger partial charge < -0.3 is 16.4 Å². The molecule has 0 saturated carbocycles. The summed E-state index contributed by atoms with van der Waals surface area (Å²) in [5, 5.41) is 8.85. The maximum atomic E-state index is 13.8. The van der Waals surface area contributed by atoms with Crippen molar-refractivity contribution in [3.63, 3.8) is 0 Å². The monoisotopic (exact) mass is 600 g/mol. The average molecular weight is 601 g/mol. The Hall–Kier alpha value is -5.17. The first-order valence-corrected chi connectivity index (χ1v) is 14.2. The zero-order chi connectivity index (χ0) is 31.6. The van der Waals surface area contributed by atoms with Crippen LogP contribution in [0.5, 0.6) is 0 Å². The number of aromatic nitrogens is 5. The number of hydrazone groups is 1. The molecule has 44 heavy (non-hydrogen) atoms. The number of carbonyl (C=O) groups excluding carboxylic acids is 1. The molecule has 0 bridgehead atoms. The van der Waals surface area contributed by atoms with Crippen LogP contribution in [0.4, 0.5) is 10.2 Å². The van der Waals surface area contributed by atoms with Crippen molar-refractivity contribution >= 4 is 35.0 Å². The minimum absolute atomic E-state index is 0.0991. The number of aryl methyl sites for hydroxylation is 1. The van der Waals surface area contributed by atoms with Gasteiger partial charge in [0.15, 0.2) is 5.65 Å². The second-order valence-electron chi connectivity index (χ2n) is 10.2. The van der Waals surface area contributed by atoms with Crippen LogP contribution < -0.4 is 22.5 Å². The Bertz CT molecular complexity index is 1800. The number of piperidine rings is 1. The minimum atomic E-state index is -0.350. The highest BCUT2D eigenvalue weighted by molar-refractivity contribution is 5.86. The number of fused-ring (bicyclic) bond motifs is 2. The summed E-state index contributed by atoms with van der Waals surface area (Å²) in [7, 11) is 1.50. The van der Waals surface area contributed by atoms with E-state index in [1.165, 1.54) is 35.3 Å². The van der Waals surface area contributed by atoms with Crippen molar-refractivity contribution in [3.8, 4) is 11.1 Å². The fraction of sp³-hybridized carbons (Fsp3) is 0.290. The van der Waals surface area contributed by atoms with Gasteiger partial charge in [0, 0.05) is 66.7 Å². The molecule has 0 atom stereocenters. The Morgan fingerprint density at radius 1 is 1.07 bits per heavy atom. The van der Waals surface area contributed by atoms with Crippen LogP contribution in [-0.2, 0) is 4.79 Å². The molecule has 0 spiro atoms. The lowest BCUT2D eigenvalue weighted by molar-refractivity contribution is -0.119. The van der Waals surface area contributed by atoms with Gasteiger partial charge in [-0.15, -0.1) is 0 Å². The van der Waals surface area contributed by atoms with E-state index in [9.17, 15) is 14.0 Å². The van der Waals surface area contributed by atoms with Crippen molar-refractivity contribution in [2.75, 3.05) is 25.9 Å². The van der Waals surface area contributed by atoms with Crippen LogP contribution in [0.2, 0.25) is 0 Å². The van der Waals surface area contributed by atoms with Crippen LogP contribution in [0.25, 0.3) is 27.7 Å². The van der Waals surface area contributed by atoms with E-state index in [1.54, 1.807) is 47.0 Å². The van der Waals surface area contributed by atoms with Gasteiger partial charge in [0.1, 0.15) is 17.5 Å². The Morgan fingerprint density at radius 2 is 1.84 bits per heavy atom. The Morgan fingerprint density at radius 3 is 2.50 bits per heavy atom. The lowest BCUT2D eigenvalue weighted by Gasteiger charge is -2.30. The van der Waals surface area contributed by atoms with Crippen LogP contribution in [0.15, 0.2) is 76.5 Å². The summed E-state index contributed by atoms with van der Waals surface area (Å²) in [6.07, 6.45) is 10.2. The molecule has 1 aromatic carbocycles. The number of nitrogen functional groups attached to an aromatic ring is 1. The zero-order valence-electron chi connectivity index (χ0n) is 25.0. The molecule has 12 nitrogen and oxygen atoms in total. The summed E-state index contributed by atoms with van der Waals surface area (Å²) in [4.78, 5) is 35.2. The third-order valence-corrected chi connectivity index (χ3v) is 7.21. The maximum absolute atomic E-state index is 13.8. The van der Waals surface area contributed by atoms with Crippen molar-refractivity contribution in [3.05, 3.63) is 88.6 Å². The molecule has 2 aliphatic heterocycles. The normalized spacial score (nSPS) is 14.4. The van der Waals surface area contributed by atoms with Gasteiger partial charge in [-0.05, 0) is 64.1 Å². The summed E-state index contributed by atoms with van der Waals surface area (Å²) >= 11 is 0. The molecule has 4 aromatic rings. The van der Waals surface area contributed by atoms with E-state index >= 15 is 0 Å². The molecule has 1 fully saturated rings. The number of pyridine rings is 1. The number of anilines is 1. The number of nitrogens with one attached hydrogen (secondary N) is 1. The number of rotatable bonds is 3. The van der Waals surface area contributed by atoms with Crippen LogP contribution >= 0.6 is 0 Å². The molecular weight excluding hydrogens is 563 g/mol. The number of nitrogens with zero attached hydrogens (tertiary/aromatic N) is 7. The molecule has 230 valence electrons. The molecule has 2 aliphatic rings. The van der Waals surface area contributed by atoms with Gasteiger partial charge in [-0.25, -0.2) is 9.37 Å². The number of hydrogen-bond donors (Lipinski definition) is 3. The number of allylic oxidation sites excluding steroid dienone is 1. The molecule has 0 aliphatic carbocycles. The SMILES string of the molecule is CC1=CNN=CC1.CN.Cc1nc2c(-c3cnc4ccc(F)cc4c3)cnn2c(N)cccc(=O)n1C1CCN(C=O)CC1. The summed E-state index contributed by atoms with van der Waals surface area (Å²) in [6.45, 7) is 4.99. The number of likely N-dealkylation sites (tertiary alicyclic amines) is 1. The quantitative estimate of drug-likeness (QED) is 0.301. The average Bonchev–Trinajstić information content (AvgIpc) is 3.46. The molecule has 1 saturated heterocycles. The lowest BCUT2D eigenvalue weighted by atomic mass is 10.1. The van der Waals surface area contributed by atoms with Gasteiger partial charge in [-0.1, -0.05) is 11.6 Å². The molecule has 5 N–H and O–H groups in total. The van der Waals surface area contributed by atoms with Crippen LogP contribution in [0, 0.1) is 12.7 Å². The Kier molecular flexibility index (Phi) is 10.7. The first-order valence-electron chi connectivity index (χ1n) is 14.2. The van der Waals surface area contributed by atoms with Crippen molar-refractivity contribution in [1.82, 2.24) is 34.5 Å². The van der Waals surface area contributed by atoms with Crippen molar-refractivity contribution in [1.29, 1.82) is 0 Å². The van der Waals surface area contributed by atoms with E-state index in [4.69, 9.17) is 10.7 Å². The van der Waals surface area contributed by atoms with Gasteiger partial charge in [-0.2, -0.15) is 14.7 Å². The second-order valence-corrected chi connectivity index (χ2v) is 10.2. The van der Waals surface area contributed by atoms with Crippen molar-refractivity contribution in [2.24, 2.45) is 10.8 Å². The highest BCUT2D eigenvalue weighted by atomic mass is 19.1. The van der Waals surface area contributed by atoms with Gasteiger partial charge >= 0.3 is 0 Å². The van der Waals surface area contributed by atoms with Gasteiger partial charge in [0.25, 0.3) is 5.56 Å². The first kappa shape index (κ1) is 31.8. The predicted octanol–water partition coefficient (Wildman–Crippen LogP) is 3.50. The number of carbonyl (C=O) groups is 1. The number of benzene rings is 1. The van der Waals surface area contributed by atoms with Gasteiger partial charge in [0.2, 0.25) is 6.41 Å². The topological polar surface area (TPSA) is 162 Å². The molecule has 0 radical (unpaired) electrons. The second kappa shape index (κ2) is 14.8. The summed E-state index contributed by atoms with van der Waals surface area (Å²) in [5.74, 6) is 0.429. The van der Waals surface area contributed by atoms with Crippen molar-refractivity contribution in [2.45, 2.75) is 39.2 Å². The smallest absolute Gasteiger partial charge is 0.252 e. The number of amides is 1. The van der Waals surface area contributed by atoms with E-state index in [2.05, 4.69) is 33.3 Å². The molecular formula is C31H37FN10O2. The van der Waals surface area contributed by atoms with E-state index in [0.29, 0.717) is 65.3 Å². The third-order valence-electron chi connectivity index (χ3n) is 7.21. The molecule has 6 rings (SSSR count). The van der Waals surface area contributed by atoms with Crippen LogP contribution in [-0.4, -0.2) is 61.8 Å². The highest BCUT2D eigenvalue weighted by Gasteiger charge is 2.21. The largest absolute Gasteiger partial charge is 0.384 e. The van der Waals surface area contributed by atoms with E-state index in [1.807, 2.05) is 18.5 Å². The highest BCUT2D eigenvalue weighted by Crippen LogP contribution is 2.27. The van der Waals surface area contributed by atoms with Gasteiger partial charge in [0.05, 0.1) is 11.7 Å². The van der Waals surface area contributed by atoms with Crippen molar-refractivity contribution < 1.29 is 9.18 Å². The van der Waals surface area contributed by atoms with Gasteiger partial charge in [-0.3, -0.25) is 24.6 Å². The fourth-order valence-electron chi connectivity index (χ4n) is 4.98. The Balaban J connectivity index is 0.000000427. The van der Waals surface area contributed by atoms with E-state index in [0.717, 1.165) is 12.8 Å². The Labute approximate surface area is 254 Å². The molecule has 1 amide bonds. The van der Waals surface area contributed by atoms with E-state index < -0.39 is 0 Å². The molecule has 3 aromatic heterocycles. The number of halogens is 1. The summed E-state index contributed by atoms with van der Waals surface area (Å²) in [6, 6.07) is 10.8. The zero-order valence-corrected chi connectivity index (χ0v) is 25.0. The fourth-order valence-corrected chi connectivity index (χ4v) is 4.98. The minimum Gasteiger partial charge on any atom is -0.384 e. The van der Waals surface area contributed by atoms with E-state index in [-0.39, 0.29) is 17.4 Å². The predicted molar refractivity (Wildman–Crippen MR) is 171 cm³/mol. The maximum Gasteiger partial charge on any atom is 0.252 e. The first-order chi connectivity index (χ1) is 21.3.